The number of carbonyl (C=O) groups excluding carboxylic acids is 1. The zero-order chi connectivity index (χ0) is 13.7. The summed E-state index contributed by atoms with van der Waals surface area (Å²) in [6.45, 7) is 4.42. The Labute approximate surface area is 112 Å². The zero-order valence-corrected chi connectivity index (χ0v) is 11.1. The van der Waals surface area contributed by atoms with Crippen molar-refractivity contribution in [2.24, 2.45) is 0 Å². The number of aromatic amines is 1. The third kappa shape index (κ3) is 3.84. The van der Waals surface area contributed by atoms with Gasteiger partial charge in [0, 0.05) is 6.20 Å². The van der Waals surface area contributed by atoms with Crippen LogP contribution in [-0.2, 0) is 11.3 Å². The maximum Gasteiger partial charge on any atom is 0.258 e. The molecule has 0 aliphatic rings. The number of benzene rings is 1. The minimum atomic E-state index is -0.158. The Hall–Kier alpha value is -2.30. The van der Waals surface area contributed by atoms with Crippen molar-refractivity contribution < 1.29 is 9.53 Å². The van der Waals surface area contributed by atoms with Gasteiger partial charge < -0.3 is 15.0 Å². The van der Waals surface area contributed by atoms with Gasteiger partial charge in [-0.1, -0.05) is 17.7 Å². The minimum absolute atomic E-state index is 0.0119. The van der Waals surface area contributed by atoms with E-state index in [1.807, 2.05) is 32.0 Å². The van der Waals surface area contributed by atoms with Crippen LogP contribution in [0, 0.1) is 13.8 Å². The molecule has 0 aliphatic carbocycles. The molecule has 5 nitrogen and oxygen atoms in total. The van der Waals surface area contributed by atoms with Crippen LogP contribution < -0.4 is 10.1 Å². The monoisotopic (exact) mass is 259 g/mol. The van der Waals surface area contributed by atoms with Gasteiger partial charge in [-0.25, -0.2) is 4.98 Å². The molecule has 0 saturated carbocycles. The molecular weight excluding hydrogens is 242 g/mol. The van der Waals surface area contributed by atoms with E-state index in [1.54, 1.807) is 12.5 Å². The lowest BCUT2D eigenvalue weighted by Gasteiger charge is -2.09. The summed E-state index contributed by atoms with van der Waals surface area (Å²) in [6, 6.07) is 5.87. The lowest BCUT2D eigenvalue weighted by atomic mass is 10.1. The maximum atomic E-state index is 11.6. The van der Waals surface area contributed by atoms with Crippen LogP contribution in [0.25, 0.3) is 0 Å². The average Bonchev–Trinajstić information content (AvgIpc) is 2.88. The number of amides is 1. The van der Waals surface area contributed by atoms with Crippen molar-refractivity contribution in [2.75, 3.05) is 6.61 Å². The fourth-order valence-electron chi connectivity index (χ4n) is 1.73. The van der Waals surface area contributed by atoms with E-state index in [4.69, 9.17) is 4.74 Å². The number of rotatable bonds is 5. The highest BCUT2D eigenvalue weighted by Gasteiger charge is 2.05. The van der Waals surface area contributed by atoms with E-state index in [9.17, 15) is 4.79 Å². The number of nitrogens with one attached hydrogen (secondary N) is 2. The van der Waals surface area contributed by atoms with E-state index in [2.05, 4.69) is 15.3 Å². The summed E-state index contributed by atoms with van der Waals surface area (Å²) < 4.78 is 5.49. The first-order valence-electron chi connectivity index (χ1n) is 6.09. The van der Waals surface area contributed by atoms with Crippen molar-refractivity contribution >= 4 is 5.91 Å². The molecule has 0 fully saturated rings. The molecule has 1 aromatic heterocycles. The molecule has 0 aliphatic heterocycles. The van der Waals surface area contributed by atoms with Gasteiger partial charge in [-0.15, -0.1) is 0 Å². The molecule has 0 saturated heterocycles. The van der Waals surface area contributed by atoms with Crippen LogP contribution >= 0.6 is 0 Å². The molecule has 1 heterocycles. The molecule has 0 atom stereocenters. The van der Waals surface area contributed by atoms with E-state index < -0.39 is 0 Å². The Morgan fingerprint density at radius 3 is 2.95 bits per heavy atom. The highest BCUT2D eigenvalue weighted by molar-refractivity contribution is 5.77. The van der Waals surface area contributed by atoms with Gasteiger partial charge in [0.15, 0.2) is 6.61 Å². The number of aryl methyl sites for hydroxylation is 2. The molecule has 1 aromatic carbocycles. The summed E-state index contributed by atoms with van der Waals surface area (Å²) >= 11 is 0. The van der Waals surface area contributed by atoms with Crippen molar-refractivity contribution in [3.8, 4) is 5.75 Å². The van der Waals surface area contributed by atoms with Crippen molar-refractivity contribution in [1.82, 2.24) is 15.3 Å². The first-order valence-corrected chi connectivity index (χ1v) is 6.09. The second-order valence-electron chi connectivity index (χ2n) is 4.41. The second kappa shape index (κ2) is 6.04. The number of H-pyrrole nitrogens is 1. The van der Waals surface area contributed by atoms with Gasteiger partial charge in [0.1, 0.15) is 5.75 Å². The van der Waals surface area contributed by atoms with Crippen molar-refractivity contribution in [1.29, 1.82) is 0 Å². The SMILES string of the molecule is Cc1ccc(OCC(=O)NCc2cnc[nH]2)c(C)c1. The Morgan fingerprint density at radius 2 is 2.26 bits per heavy atom. The van der Waals surface area contributed by atoms with Crippen LogP contribution in [0.2, 0.25) is 0 Å². The molecule has 2 N–H and O–H groups in total. The topological polar surface area (TPSA) is 67.0 Å². The first kappa shape index (κ1) is 13.1. The normalized spacial score (nSPS) is 10.2. The van der Waals surface area contributed by atoms with Crippen molar-refractivity contribution in [2.45, 2.75) is 20.4 Å². The van der Waals surface area contributed by atoms with Crippen molar-refractivity contribution in [3.05, 3.63) is 47.5 Å². The molecule has 2 rings (SSSR count). The average molecular weight is 259 g/mol. The molecule has 0 spiro atoms. The lowest BCUT2D eigenvalue weighted by molar-refractivity contribution is -0.123. The van der Waals surface area contributed by atoms with Crippen LogP contribution in [0.3, 0.4) is 0 Å². The summed E-state index contributed by atoms with van der Waals surface area (Å²) in [5, 5.41) is 2.75. The molecule has 19 heavy (non-hydrogen) atoms. The molecule has 0 radical (unpaired) electrons. The fraction of sp³-hybridized carbons (Fsp3) is 0.286. The largest absolute Gasteiger partial charge is 0.484 e. The van der Waals surface area contributed by atoms with Crippen LogP contribution in [0.15, 0.2) is 30.7 Å². The Balaban J connectivity index is 1.80. The predicted octanol–water partition coefficient (Wildman–Crippen LogP) is 1.72. The van der Waals surface area contributed by atoms with Gasteiger partial charge in [0.25, 0.3) is 5.91 Å². The zero-order valence-electron chi connectivity index (χ0n) is 11.1. The number of hydrogen-bond donors (Lipinski definition) is 2. The molecule has 1 amide bonds. The molecule has 5 heteroatoms. The van der Waals surface area contributed by atoms with Crippen LogP contribution in [0.4, 0.5) is 0 Å². The van der Waals surface area contributed by atoms with Gasteiger partial charge in [-0.05, 0) is 25.5 Å². The lowest BCUT2D eigenvalue weighted by Crippen LogP contribution is -2.28. The predicted molar refractivity (Wildman–Crippen MR) is 71.8 cm³/mol. The Bertz CT molecular complexity index is 550. The summed E-state index contributed by atoms with van der Waals surface area (Å²) in [6.07, 6.45) is 3.25. The maximum absolute atomic E-state index is 11.6. The highest BCUT2D eigenvalue weighted by Crippen LogP contribution is 2.18. The fourth-order valence-corrected chi connectivity index (χ4v) is 1.73. The quantitative estimate of drug-likeness (QED) is 0.859. The van der Waals surface area contributed by atoms with Gasteiger partial charge in [-0.2, -0.15) is 0 Å². The molecule has 2 aromatic rings. The number of carbonyl (C=O) groups is 1. The number of aromatic nitrogens is 2. The van der Waals surface area contributed by atoms with Gasteiger partial charge >= 0.3 is 0 Å². The number of ether oxygens (including phenoxy) is 1. The van der Waals surface area contributed by atoms with E-state index in [-0.39, 0.29) is 12.5 Å². The summed E-state index contributed by atoms with van der Waals surface area (Å²) in [4.78, 5) is 18.4. The molecule has 100 valence electrons. The summed E-state index contributed by atoms with van der Waals surface area (Å²) in [5.41, 5.74) is 3.06. The molecular formula is C14H17N3O2. The van der Waals surface area contributed by atoms with E-state index >= 15 is 0 Å². The molecule has 0 unspecified atom stereocenters. The number of imidazole rings is 1. The smallest absolute Gasteiger partial charge is 0.258 e. The van der Waals surface area contributed by atoms with E-state index in [0.29, 0.717) is 6.54 Å². The number of hydrogen-bond acceptors (Lipinski definition) is 3. The third-order valence-electron chi connectivity index (χ3n) is 2.72. The molecule has 0 bridgehead atoms. The van der Waals surface area contributed by atoms with E-state index in [0.717, 1.165) is 17.0 Å². The highest BCUT2D eigenvalue weighted by atomic mass is 16.5. The summed E-state index contributed by atoms with van der Waals surface area (Å²) in [5.74, 6) is 0.580. The van der Waals surface area contributed by atoms with Crippen molar-refractivity contribution in [3.63, 3.8) is 0 Å². The second-order valence-corrected chi connectivity index (χ2v) is 4.41. The first-order chi connectivity index (χ1) is 9.15. The van der Waals surface area contributed by atoms with Gasteiger partial charge in [0.2, 0.25) is 0 Å². The Morgan fingerprint density at radius 1 is 1.42 bits per heavy atom. The third-order valence-corrected chi connectivity index (χ3v) is 2.72. The Kier molecular flexibility index (Phi) is 4.18. The van der Waals surface area contributed by atoms with Crippen LogP contribution in [0.1, 0.15) is 16.8 Å². The van der Waals surface area contributed by atoms with Gasteiger partial charge in [0.05, 0.1) is 18.6 Å². The minimum Gasteiger partial charge on any atom is -0.484 e. The standard InChI is InChI=1S/C14H17N3O2/c1-10-3-4-13(11(2)5-10)19-8-14(18)16-7-12-6-15-9-17-12/h3-6,9H,7-8H2,1-2H3,(H,15,17)(H,16,18). The summed E-state index contributed by atoms with van der Waals surface area (Å²) in [7, 11) is 0. The van der Waals surface area contributed by atoms with Gasteiger partial charge in [-0.3, -0.25) is 4.79 Å². The van der Waals surface area contributed by atoms with Crippen LogP contribution in [0.5, 0.6) is 5.75 Å². The number of nitrogens with zero attached hydrogens (tertiary/aromatic N) is 1. The van der Waals surface area contributed by atoms with E-state index in [1.165, 1.54) is 5.56 Å². The van der Waals surface area contributed by atoms with Crippen LogP contribution in [-0.4, -0.2) is 22.5 Å².